The Kier molecular flexibility index (Phi) is 4.78. The summed E-state index contributed by atoms with van der Waals surface area (Å²) in [6, 6.07) is 0.576. The Balaban J connectivity index is 1.84. The average Bonchev–Trinajstić information content (AvgIpc) is 2.34. The summed E-state index contributed by atoms with van der Waals surface area (Å²) in [6.07, 6.45) is 9.58. The average molecular weight is 254 g/mol. The summed E-state index contributed by atoms with van der Waals surface area (Å²) in [5.74, 6) is 1.29. The molecule has 2 nitrogen and oxygen atoms in total. The fourth-order valence-electron chi connectivity index (χ4n) is 2.96. The topological polar surface area (TPSA) is 24.4 Å². The highest BCUT2D eigenvalue weighted by Crippen LogP contribution is 2.41. The lowest BCUT2D eigenvalue weighted by molar-refractivity contribution is 0.232. The van der Waals surface area contributed by atoms with Crippen molar-refractivity contribution in [3.8, 4) is 0 Å². The molecule has 98 valence electrons. The van der Waals surface area contributed by atoms with E-state index < -0.39 is 0 Å². The van der Waals surface area contributed by atoms with E-state index in [9.17, 15) is 0 Å². The van der Waals surface area contributed by atoms with E-state index in [1.807, 2.05) is 11.8 Å². The quantitative estimate of drug-likeness (QED) is 0.828. The molecule has 1 aliphatic heterocycles. The van der Waals surface area contributed by atoms with Crippen LogP contribution >= 0.6 is 11.8 Å². The second-order valence-electron chi connectivity index (χ2n) is 5.80. The van der Waals surface area contributed by atoms with Gasteiger partial charge in [-0.1, -0.05) is 44.4 Å². The van der Waals surface area contributed by atoms with E-state index in [1.165, 1.54) is 55.9 Å². The van der Waals surface area contributed by atoms with Crippen LogP contribution in [0.2, 0.25) is 0 Å². The Bertz CT molecular complexity index is 269. The zero-order chi connectivity index (χ0) is 12.1. The van der Waals surface area contributed by atoms with Crippen LogP contribution in [0.4, 0.5) is 0 Å². The number of rotatable bonds is 3. The molecule has 0 amide bonds. The molecule has 0 aromatic carbocycles. The maximum absolute atomic E-state index is 4.80. The van der Waals surface area contributed by atoms with Gasteiger partial charge in [-0.25, -0.2) is 0 Å². The summed E-state index contributed by atoms with van der Waals surface area (Å²) in [7, 11) is 0. The van der Waals surface area contributed by atoms with Gasteiger partial charge in [-0.3, -0.25) is 4.99 Å². The van der Waals surface area contributed by atoms with Crippen molar-refractivity contribution in [1.82, 2.24) is 5.32 Å². The van der Waals surface area contributed by atoms with Gasteiger partial charge < -0.3 is 5.32 Å². The fraction of sp³-hybridized carbons (Fsp3) is 0.929. The van der Waals surface area contributed by atoms with Gasteiger partial charge in [0.15, 0.2) is 5.17 Å². The first-order valence-corrected chi connectivity index (χ1v) is 8.16. The molecular formula is C14H26N2S. The van der Waals surface area contributed by atoms with Crippen LogP contribution in [-0.2, 0) is 0 Å². The summed E-state index contributed by atoms with van der Waals surface area (Å²) in [5, 5.41) is 4.75. The summed E-state index contributed by atoms with van der Waals surface area (Å²) >= 11 is 1.96. The number of hydrogen-bond donors (Lipinski definition) is 1. The Morgan fingerprint density at radius 3 is 2.71 bits per heavy atom. The molecule has 1 N–H and O–H groups in total. The predicted octanol–water partition coefficient (Wildman–Crippen LogP) is 3.82. The molecule has 1 atom stereocenters. The summed E-state index contributed by atoms with van der Waals surface area (Å²) in [4.78, 5) is 4.80. The van der Waals surface area contributed by atoms with E-state index in [4.69, 9.17) is 4.99 Å². The second kappa shape index (κ2) is 6.12. The molecule has 0 radical (unpaired) electrons. The zero-order valence-corrected chi connectivity index (χ0v) is 12.1. The Labute approximate surface area is 110 Å². The Morgan fingerprint density at radius 2 is 2.12 bits per heavy atom. The van der Waals surface area contributed by atoms with Gasteiger partial charge in [-0.15, -0.1) is 0 Å². The first-order chi connectivity index (χ1) is 8.24. The molecule has 1 fully saturated rings. The van der Waals surface area contributed by atoms with E-state index in [0.717, 1.165) is 6.54 Å². The standard InChI is InChI=1S/C14H26N2S/c1-3-7-12(2)16-13-15-10-14(11-17-13)8-5-4-6-9-14/h12H,3-11H2,1-2H3,(H,15,16). The first-order valence-electron chi connectivity index (χ1n) is 7.18. The van der Waals surface area contributed by atoms with Crippen molar-refractivity contribution < 1.29 is 0 Å². The molecular weight excluding hydrogens is 228 g/mol. The lowest BCUT2D eigenvalue weighted by atomic mass is 9.75. The second-order valence-corrected chi connectivity index (χ2v) is 6.77. The number of thioether (sulfide) groups is 1. The highest BCUT2D eigenvalue weighted by molar-refractivity contribution is 8.13. The van der Waals surface area contributed by atoms with Gasteiger partial charge in [-0.05, 0) is 31.6 Å². The van der Waals surface area contributed by atoms with Gasteiger partial charge in [0.1, 0.15) is 0 Å². The van der Waals surface area contributed by atoms with Crippen LogP contribution in [0.1, 0.15) is 58.8 Å². The minimum Gasteiger partial charge on any atom is -0.362 e. The molecule has 1 heterocycles. The molecule has 17 heavy (non-hydrogen) atoms. The van der Waals surface area contributed by atoms with Crippen molar-refractivity contribution in [2.45, 2.75) is 64.8 Å². The van der Waals surface area contributed by atoms with Gasteiger partial charge in [0, 0.05) is 18.3 Å². The van der Waals surface area contributed by atoms with Crippen LogP contribution in [0.5, 0.6) is 0 Å². The molecule has 3 heteroatoms. The van der Waals surface area contributed by atoms with E-state index in [2.05, 4.69) is 19.2 Å². The van der Waals surface area contributed by atoms with E-state index in [0.29, 0.717) is 11.5 Å². The molecule has 2 rings (SSSR count). The Hall–Kier alpha value is -0.180. The lowest BCUT2D eigenvalue weighted by Gasteiger charge is -2.38. The predicted molar refractivity (Wildman–Crippen MR) is 77.8 cm³/mol. The highest BCUT2D eigenvalue weighted by atomic mass is 32.2. The molecule has 0 bridgehead atoms. The number of nitrogens with zero attached hydrogens (tertiary/aromatic N) is 1. The molecule has 2 aliphatic rings. The van der Waals surface area contributed by atoms with Gasteiger partial charge in [0.2, 0.25) is 0 Å². The van der Waals surface area contributed by atoms with E-state index >= 15 is 0 Å². The Morgan fingerprint density at radius 1 is 1.35 bits per heavy atom. The molecule has 1 saturated carbocycles. The summed E-state index contributed by atoms with van der Waals surface area (Å²) < 4.78 is 0. The van der Waals surface area contributed by atoms with Crippen LogP contribution < -0.4 is 5.32 Å². The summed E-state index contributed by atoms with van der Waals surface area (Å²) in [6.45, 7) is 5.57. The third-order valence-electron chi connectivity index (χ3n) is 4.08. The molecule has 0 saturated heterocycles. The van der Waals surface area contributed by atoms with E-state index in [1.54, 1.807) is 0 Å². The van der Waals surface area contributed by atoms with Gasteiger partial charge >= 0.3 is 0 Å². The van der Waals surface area contributed by atoms with Gasteiger partial charge in [0.05, 0.1) is 0 Å². The summed E-state index contributed by atoms with van der Waals surface area (Å²) in [5.41, 5.74) is 0.558. The molecule has 1 spiro atoms. The van der Waals surface area contributed by atoms with Gasteiger partial charge in [0.25, 0.3) is 0 Å². The van der Waals surface area contributed by atoms with Crippen LogP contribution in [0.3, 0.4) is 0 Å². The zero-order valence-electron chi connectivity index (χ0n) is 11.3. The SMILES string of the molecule is CCCC(C)NC1=NCC2(CCCCC2)CS1. The van der Waals surface area contributed by atoms with Crippen LogP contribution in [0.15, 0.2) is 4.99 Å². The molecule has 1 aliphatic carbocycles. The van der Waals surface area contributed by atoms with E-state index in [-0.39, 0.29) is 0 Å². The van der Waals surface area contributed by atoms with Crippen molar-refractivity contribution in [2.24, 2.45) is 10.4 Å². The van der Waals surface area contributed by atoms with Gasteiger partial charge in [-0.2, -0.15) is 0 Å². The molecule has 1 unspecified atom stereocenters. The minimum atomic E-state index is 0.558. The van der Waals surface area contributed by atoms with Crippen LogP contribution in [-0.4, -0.2) is 23.5 Å². The number of hydrogen-bond acceptors (Lipinski definition) is 3. The number of amidine groups is 1. The number of aliphatic imine (C=N–C) groups is 1. The maximum Gasteiger partial charge on any atom is 0.156 e. The lowest BCUT2D eigenvalue weighted by Crippen LogP contribution is -2.39. The monoisotopic (exact) mass is 254 g/mol. The first kappa shape index (κ1) is 13.3. The fourth-order valence-corrected chi connectivity index (χ4v) is 4.22. The van der Waals surface area contributed by atoms with Crippen molar-refractivity contribution >= 4 is 16.9 Å². The van der Waals surface area contributed by atoms with Crippen molar-refractivity contribution in [3.63, 3.8) is 0 Å². The van der Waals surface area contributed by atoms with Crippen LogP contribution in [0, 0.1) is 5.41 Å². The van der Waals surface area contributed by atoms with Crippen LogP contribution in [0.25, 0.3) is 0 Å². The smallest absolute Gasteiger partial charge is 0.156 e. The van der Waals surface area contributed by atoms with Crippen molar-refractivity contribution in [2.75, 3.05) is 12.3 Å². The number of nitrogens with one attached hydrogen (secondary N) is 1. The maximum atomic E-state index is 4.80. The molecule has 0 aromatic heterocycles. The minimum absolute atomic E-state index is 0.558. The third kappa shape index (κ3) is 3.64. The highest BCUT2D eigenvalue weighted by Gasteiger charge is 2.34. The van der Waals surface area contributed by atoms with Crippen molar-refractivity contribution in [3.05, 3.63) is 0 Å². The van der Waals surface area contributed by atoms with Crippen molar-refractivity contribution in [1.29, 1.82) is 0 Å². The third-order valence-corrected chi connectivity index (χ3v) is 5.36. The normalized spacial score (nSPS) is 25.4. The molecule has 0 aromatic rings. The largest absolute Gasteiger partial charge is 0.362 e.